The van der Waals surface area contributed by atoms with E-state index < -0.39 is 18.4 Å². The Morgan fingerprint density at radius 3 is 2.59 bits per heavy atom. The fourth-order valence-electron chi connectivity index (χ4n) is 2.82. The summed E-state index contributed by atoms with van der Waals surface area (Å²) < 4.78 is 38.5. The van der Waals surface area contributed by atoms with Gasteiger partial charge in [0.15, 0.2) is 0 Å². The van der Waals surface area contributed by atoms with Crippen LogP contribution >= 0.6 is 0 Å². The lowest BCUT2D eigenvalue weighted by Gasteiger charge is -2.22. The normalized spacial score (nSPS) is 18.7. The second-order valence-corrected chi connectivity index (χ2v) is 6.75. The zero-order valence-electron chi connectivity index (χ0n) is 15.6. The Kier molecular flexibility index (Phi) is 5.78. The van der Waals surface area contributed by atoms with Crippen LogP contribution in [0.4, 0.5) is 18.0 Å². The zero-order chi connectivity index (χ0) is 21.1. The summed E-state index contributed by atoms with van der Waals surface area (Å²) in [6.07, 6.45) is -5.75. The van der Waals surface area contributed by atoms with Crippen LogP contribution in [0, 0.1) is 6.92 Å². The average molecular weight is 407 g/mol. The van der Waals surface area contributed by atoms with Gasteiger partial charge in [0.1, 0.15) is 0 Å². The number of amides is 2. The van der Waals surface area contributed by atoms with E-state index in [4.69, 9.17) is 0 Å². The summed E-state index contributed by atoms with van der Waals surface area (Å²) in [5.74, 6) is -3.31. The second kappa shape index (κ2) is 8.12. The predicted molar refractivity (Wildman–Crippen MR) is 99.9 cm³/mol. The Morgan fingerprint density at radius 1 is 1.17 bits per heavy atom. The summed E-state index contributed by atoms with van der Waals surface area (Å²) in [6.45, 7) is 2.50. The van der Waals surface area contributed by atoms with E-state index in [-0.39, 0.29) is 18.3 Å². The van der Waals surface area contributed by atoms with Gasteiger partial charge in [0.25, 0.3) is 0 Å². The monoisotopic (exact) mass is 407 g/mol. The van der Waals surface area contributed by atoms with Crippen molar-refractivity contribution in [2.75, 3.05) is 0 Å². The predicted octanol–water partition coefficient (Wildman–Crippen LogP) is 3.37. The number of rotatable bonds is 5. The van der Waals surface area contributed by atoms with E-state index in [9.17, 15) is 23.1 Å². The van der Waals surface area contributed by atoms with E-state index in [1.165, 1.54) is 0 Å². The Balaban J connectivity index is 1.55. The lowest BCUT2D eigenvalue weighted by atomic mass is 10.0. The Hall–Kier alpha value is -3.07. The van der Waals surface area contributed by atoms with Crippen molar-refractivity contribution in [3.63, 3.8) is 0 Å². The first-order valence-electron chi connectivity index (χ1n) is 8.88. The fourth-order valence-corrected chi connectivity index (χ4v) is 2.82. The van der Waals surface area contributed by atoms with Crippen LogP contribution in [0.2, 0.25) is 0 Å². The van der Waals surface area contributed by atoms with Crippen LogP contribution in [-0.2, 0) is 17.9 Å². The highest BCUT2D eigenvalue weighted by atomic mass is 19.4. The molecule has 0 aliphatic carbocycles. The molecule has 154 valence electrons. The molecule has 1 atom stereocenters. The quantitative estimate of drug-likeness (QED) is 0.711. The number of oxime groups is 1. The Morgan fingerprint density at radius 2 is 1.90 bits per heavy atom. The van der Waals surface area contributed by atoms with Gasteiger partial charge in [-0.3, -0.25) is 0 Å². The first-order valence-corrected chi connectivity index (χ1v) is 8.88. The minimum Gasteiger partial charge on any atom is -0.350 e. The van der Waals surface area contributed by atoms with Crippen molar-refractivity contribution >= 4 is 11.7 Å². The average Bonchev–Trinajstić information content (AvgIpc) is 3.10. The first kappa shape index (κ1) is 20.7. The molecule has 2 aromatic carbocycles. The third-order valence-corrected chi connectivity index (χ3v) is 4.57. The molecule has 1 aliphatic rings. The van der Waals surface area contributed by atoms with Gasteiger partial charge in [-0.1, -0.05) is 47.6 Å². The molecule has 0 spiro atoms. The van der Waals surface area contributed by atoms with Gasteiger partial charge in [0, 0.05) is 13.1 Å². The van der Waals surface area contributed by atoms with Crippen molar-refractivity contribution in [1.82, 2.24) is 10.6 Å². The third-order valence-electron chi connectivity index (χ3n) is 4.57. The third kappa shape index (κ3) is 4.86. The van der Waals surface area contributed by atoms with Gasteiger partial charge in [-0.25, -0.2) is 4.79 Å². The van der Waals surface area contributed by atoms with Gasteiger partial charge < -0.3 is 20.6 Å². The van der Waals surface area contributed by atoms with E-state index in [0.717, 1.165) is 11.1 Å². The van der Waals surface area contributed by atoms with Crippen molar-refractivity contribution < 1.29 is 27.9 Å². The molecule has 0 fully saturated rings. The summed E-state index contributed by atoms with van der Waals surface area (Å²) in [7, 11) is 0. The Labute approximate surface area is 165 Å². The molecule has 1 heterocycles. The molecule has 1 unspecified atom stereocenters. The van der Waals surface area contributed by atoms with Crippen LogP contribution in [0.15, 0.2) is 53.7 Å². The largest absolute Gasteiger partial charge is 0.458 e. The Bertz CT molecular complexity index is 930. The molecule has 0 saturated heterocycles. The maximum atomic E-state index is 12.8. The molecule has 6 nitrogen and oxygen atoms in total. The molecule has 9 heteroatoms. The molecule has 3 rings (SSSR count). The fraction of sp³-hybridized carbons (Fsp3) is 0.300. The van der Waals surface area contributed by atoms with E-state index in [0.29, 0.717) is 17.7 Å². The smallest absolute Gasteiger partial charge is 0.350 e. The summed E-state index contributed by atoms with van der Waals surface area (Å²) >= 11 is 0. The number of carbonyl (C=O) groups excluding carboxylic acids is 1. The molecule has 1 aliphatic heterocycles. The van der Waals surface area contributed by atoms with Gasteiger partial charge in [-0.05, 0) is 35.2 Å². The number of hydrogen-bond acceptors (Lipinski definition) is 4. The van der Waals surface area contributed by atoms with Crippen molar-refractivity contribution in [2.45, 2.75) is 38.4 Å². The van der Waals surface area contributed by atoms with Gasteiger partial charge in [-0.2, -0.15) is 13.2 Å². The highest BCUT2D eigenvalue weighted by Gasteiger charge is 2.60. The van der Waals surface area contributed by atoms with Crippen molar-refractivity contribution in [1.29, 1.82) is 0 Å². The number of urea groups is 1. The topological polar surface area (TPSA) is 83.0 Å². The SMILES string of the molecule is Cc1ccccc1CNC(=O)NCc1cccc(C2=NOC(O)(C(F)(F)F)C2)c1. The number of halogens is 3. The second-order valence-electron chi connectivity index (χ2n) is 6.75. The van der Waals surface area contributed by atoms with Gasteiger partial charge in [-0.15, -0.1) is 0 Å². The standard InChI is InChI=1S/C20H20F3N3O3/c1-13-5-2-3-7-16(13)12-25-18(27)24-11-14-6-4-8-15(9-14)17-10-19(28,29-26-17)20(21,22)23/h2-9,28H,10-12H2,1H3,(H2,24,25,27). The van der Waals surface area contributed by atoms with E-state index in [1.54, 1.807) is 24.3 Å². The van der Waals surface area contributed by atoms with Crippen molar-refractivity contribution in [3.8, 4) is 0 Å². The maximum Gasteiger partial charge on any atom is 0.458 e. The van der Waals surface area contributed by atoms with Crippen LogP contribution < -0.4 is 10.6 Å². The van der Waals surface area contributed by atoms with Crippen molar-refractivity contribution in [3.05, 3.63) is 70.8 Å². The van der Waals surface area contributed by atoms with E-state index in [2.05, 4.69) is 20.6 Å². The maximum absolute atomic E-state index is 12.8. The van der Waals surface area contributed by atoms with Gasteiger partial charge in [0.2, 0.25) is 0 Å². The molecule has 0 bridgehead atoms. The number of aliphatic hydroxyl groups is 1. The number of hydrogen-bond donors (Lipinski definition) is 3. The van der Waals surface area contributed by atoms with E-state index in [1.807, 2.05) is 31.2 Å². The summed E-state index contributed by atoms with van der Waals surface area (Å²) in [4.78, 5) is 16.2. The molecule has 2 aromatic rings. The number of alkyl halides is 3. The van der Waals surface area contributed by atoms with Gasteiger partial charge in [0.05, 0.1) is 12.1 Å². The first-order chi connectivity index (χ1) is 13.7. The van der Waals surface area contributed by atoms with Crippen LogP contribution in [0.25, 0.3) is 0 Å². The number of carbonyl (C=O) groups is 1. The number of aryl methyl sites for hydroxylation is 1. The van der Waals surface area contributed by atoms with Crippen LogP contribution in [0.5, 0.6) is 0 Å². The molecular formula is C20H20F3N3O3. The summed E-state index contributed by atoms with van der Waals surface area (Å²) in [5, 5.41) is 18.4. The summed E-state index contributed by atoms with van der Waals surface area (Å²) in [6, 6.07) is 13.8. The van der Waals surface area contributed by atoms with Crippen LogP contribution in [0.3, 0.4) is 0 Å². The molecule has 0 radical (unpaired) electrons. The minimum absolute atomic E-state index is 0.0179. The number of nitrogens with zero attached hydrogens (tertiary/aromatic N) is 1. The van der Waals surface area contributed by atoms with E-state index >= 15 is 0 Å². The highest BCUT2D eigenvalue weighted by Crippen LogP contribution is 2.38. The highest BCUT2D eigenvalue weighted by molar-refractivity contribution is 6.01. The molecule has 0 saturated carbocycles. The number of benzene rings is 2. The van der Waals surface area contributed by atoms with Crippen LogP contribution in [0.1, 0.15) is 28.7 Å². The molecule has 3 N–H and O–H groups in total. The molecule has 29 heavy (non-hydrogen) atoms. The number of nitrogens with one attached hydrogen (secondary N) is 2. The zero-order valence-corrected chi connectivity index (χ0v) is 15.6. The minimum atomic E-state index is -4.95. The van der Waals surface area contributed by atoms with Crippen molar-refractivity contribution in [2.24, 2.45) is 5.16 Å². The lowest BCUT2D eigenvalue weighted by Crippen LogP contribution is -2.45. The lowest BCUT2D eigenvalue weighted by molar-refractivity contribution is -0.355. The van der Waals surface area contributed by atoms with Crippen LogP contribution in [-0.4, -0.2) is 28.8 Å². The van der Waals surface area contributed by atoms with Gasteiger partial charge >= 0.3 is 18.0 Å². The molecular weight excluding hydrogens is 387 g/mol. The molecule has 0 aromatic heterocycles. The summed E-state index contributed by atoms with van der Waals surface area (Å²) in [5.41, 5.74) is 3.10. The molecule has 2 amide bonds.